The first-order valence-corrected chi connectivity index (χ1v) is 10.7. The minimum atomic E-state index is -0.269. The van der Waals surface area contributed by atoms with Crippen molar-refractivity contribution in [3.8, 4) is 11.5 Å². The van der Waals surface area contributed by atoms with Gasteiger partial charge in [0.25, 0.3) is 5.91 Å². The number of hydrogen-bond donors (Lipinski definition) is 0. The van der Waals surface area contributed by atoms with Crippen LogP contribution in [0.25, 0.3) is 10.2 Å². The van der Waals surface area contributed by atoms with E-state index in [4.69, 9.17) is 26.1 Å². The lowest BCUT2D eigenvalue weighted by Crippen LogP contribution is -2.31. The Morgan fingerprint density at radius 2 is 1.97 bits per heavy atom. The quantitative estimate of drug-likeness (QED) is 0.384. The van der Waals surface area contributed by atoms with Gasteiger partial charge < -0.3 is 9.47 Å². The topological polar surface area (TPSA) is 64.6 Å². The van der Waals surface area contributed by atoms with E-state index in [-0.39, 0.29) is 12.5 Å². The highest BCUT2D eigenvalue weighted by Gasteiger charge is 2.26. The van der Waals surface area contributed by atoms with Crippen LogP contribution >= 0.6 is 22.9 Å². The molecule has 0 aliphatic heterocycles. The molecule has 158 valence electrons. The highest BCUT2D eigenvalue weighted by Crippen LogP contribution is 2.37. The van der Waals surface area contributed by atoms with Crippen LogP contribution in [0, 0.1) is 6.92 Å². The van der Waals surface area contributed by atoms with Gasteiger partial charge in [-0.05, 0) is 48.9 Å². The fourth-order valence-electron chi connectivity index (χ4n) is 3.21. The fourth-order valence-corrected chi connectivity index (χ4v) is 4.53. The Morgan fingerprint density at radius 1 is 1.13 bits per heavy atom. The van der Waals surface area contributed by atoms with Gasteiger partial charge in [-0.3, -0.25) is 14.7 Å². The number of aromatic nitrogens is 2. The number of rotatable bonds is 6. The lowest BCUT2D eigenvalue weighted by molar-refractivity contribution is 0.0981. The van der Waals surface area contributed by atoms with Crippen molar-refractivity contribution in [2.24, 2.45) is 0 Å². The lowest BCUT2D eigenvalue weighted by atomic mass is 10.1. The van der Waals surface area contributed by atoms with E-state index in [0.717, 1.165) is 21.5 Å². The summed E-state index contributed by atoms with van der Waals surface area (Å²) in [7, 11) is 3.09. The summed E-state index contributed by atoms with van der Waals surface area (Å²) in [5.41, 5.74) is 2.88. The second-order valence-electron chi connectivity index (χ2n) is 6.82. The molecule has 0 saturated heterocycles. The summed E-state index contributed by atoms with van der Waals surface area (Å²) in [6.07, 6.45) is 1.70. The third-order valence-electron chi connectivity index (χ3n) is 4.85. The number of hydrogen-bond acceptors (Lipinski definition) is 6. The van der Waals surface area contributed by atoms with Gasteiger partial charge in [0.15, 0.2) is 5.13 Å². The zero-order valence-corrected chi connectivity index (χ0v) is 18.8. The highest BCUT2D eigenvalue weighted by atomic mass is 35.5. The normalized spacial score (nSPS) is 10.8. The number of fused-ring (bicyclic) bond motifs is 1. The predicted octanol–water partition coefficient (Wildman–Crippen LogP) is 5.52. The van der Waals surface area contributed by atoms with Crippen LogP contribution in [0.2, 0.25) is 5.02 Å². The molecule has 2 aromatic heterocycles. The van der Waals surface area contributed by atoms with Crippen LogP contribution in [0.1, 0.15) is 21.6 Å². The van der Waals surface area contributed by atoms with Gasteiger partial charge in [0, 0.05) is 6.20 Å². The smallest absolute Gasteiger partial charge is 0.264 e. The van der Waals surface area contributed by atoms with Crippen LogP contribution in [-0.4, -0.2) is 30.1 Å². The second kappa shape index (κ2) is 8.91. The third-order valence-corrected chi connectivity index (χ3v) is 6.38. The average Bonchev–Trinajstić information content (AvgIpc) is 3.26. The SMILES string of the molecule is COc1ccc(OC)c(C(=O)N(Cc2ccccn2)c2nc3c(C)ccc(Cl)c3s2)c1. The summed E-state index contributed by atoms with van der Waals surface area (Å²) < 4.78 is 11.6. The lowest BCUT2D eigenvalue weighted by Gasteiger charge is -2.21. The van der Waals surface area contributed by atoms with E-state index in [1.54, 1.807) is 36.4 Å². The molecule has 0 fully saturated rings. The molecule has 2 aromatic carbocycles. The highest BCUT2D eigenvalue weighted by molar-refractivity contribution is 7.23. The number of carbonyl (C=O) groups is 1. The summed E-state index contributed by atoms with van der Waals surface area (Å²) in [4.78, 5) is 24.5. The van der Waals surface area contributed by atoms with E-state index in [1.807, 2.05) is 37.3 Å². The number of pyridine rings is 1. The average molecular weight is 454 g/mol. The van der Waals surface area contributed by atoms with Gasteiger partial charge in [0.1, 0.15) is 11.5 Å². The summed E-state index contributed by atoms with van der Waals surface area (Å²) in [5.74, 6) is 0.742. The van der Waals surface area contributed by atoms with Crippen LogP contribution < -0.4 is 14.4 Å². The Morgan fingerprint density at radius 3 is 2.65 bits per heavy atom. The first-order valence-electron chi connectivity index (χ1n) is 9.51. The molecular formula is C23H20ClN3O3S. The summed E-state index contributed by atoms with van der Waals surface area (Å²) in [6, 6.07) is 14.5. The van der Waals surface area contributed by atoms with Crippen molar-refractivity contribution in [2.45, 2.75) is 13.5 Å². The van der Waals surface area contributed by atoms with E-state index < -0.39 is 0 Å². The van der Waals surface area contributed by atoms with Crippen LogP contribution in [0.4, 0.5) is 5.13 Å². The Hall–Kier alpha value is -3.16. The molecule has 4 rings (SSSR count). The number of thiazole rings is 1. The first-order chi connectivity index (χ1) is 15.0. The number of nitrogens with zero attached hydrogens (tertiary/aromatic N) is 3. The minimum Gasteiger partial charge on any atom is -0.497 e. The standard InChI is InChI=1S/C23H20ClN3O3S/c1-14-7-9-18(24)21-20(14)26-23(31-21)27(13-15-6-4-5-11-25-15)22(28)17-12-16(29-2)8-10-19(17)30-3/h4-12H,13H2,1-3H3. The summed E-state index contributed by atoms with van der Waals surface area (Å²) >= 11 is 7.78. The van der Waals surface area contributed by atoms with Crippen LogP contribution in [0.15, 0.2) is 54.7 Å². The van der Waals surface area contributed by atoms with Crippen molar-refractivity contribution < 1.29 is 14.3 Å². The van der Waals surface area contributed by atoms with Gasteiger partial charge in [-0.15, -0.1) is 0 Å². The predicted molar refractivity (Wildman–Crippen MR) is 124 cm³/mol. The monoisotopic (exact) mass is 453 g/mol. The molecular weight excluding hydrogens is 434 g/mol. The van der Waals surface area contributed by atoms with Crippen molar-refractivity contribution in [2.75, 3.05) is 19.1 Å². The first kappa shape index (κ1) is 21.1. The number of halogens is 1. The Balaban J connectivity index is 1.85. The molecule has 0 N–H and O–H groups in total. The molecule has 0 unspecified atom stereocenters. The van der Waals surface area contributed by atoms with Gasteiger partial charge in [0.2, 0.25) is 0 Å². The van der Waals surface area contributed by atoms with Gasteiger partial charge in [0.05, 0.1) is 47.3 Å². The van der Waals surface area contributed by atoms with Gasteiger partial charge in [-0.2, -0.15) is 0 Å². The minimum absolute atomic E-state index is 0.247. The Labute approximate surface area is 189 Å². The van der Waals surface area contributed by atoms with E-state index in [1.165, 1.54) is 18.4 Å². The van der Waals surface area contributed by atoms with Crippen molar-refractivity contribution in [3.63, 3.8) is 0 Å². The molecule has 31 heavy (non-hydrogen) atoms. The van der Waals surface area contributed by atoms with Crippen molar-refractivity contribution in [3.05, 3.63) is 76.6 Å². The number of anilines is 1. The number of carbonyl (C=O) groups excluding carboxylic acids is 1. The molecule has 6 nitrogen and oxygen atoms in total. The van der Waals surface area contributed by atoms with Gasteiger partial charge in [-0.25, -0.2) is 4.98 Å². The number of amides is 1. The molecule has 0 aliphatic rings. The zero-order valence-electron chi connectivity index (χ0n) is 17.3. The number of benzene rings is 2. The van der Waals surface area contributed by atoms with E-state index in [2.05, 4.69) is 4.98 Å². The molecule has 0 saturated carbocycles. The van der Waals surface area contributed by atoms with Crippen molar-refractivity contribution >= 4 is 44.2 Å². The number of ether oxygens (including phenoxy) is 2. The van der Waals surface area contributed by atoms with Crippen LogP contribution in [0.5, 0.6) is 11.5 Å². The maximum absolute atomic E-state index is 13.7. The van der Waals surface area contributed by atoms with Gasteiger partial charge >= 0.3 is 0 Å². The van der Waals surface area contributed by atoms with Gasteiger partial charge in [-0.1, -0.05) is 35.1 Å². The molecule has 4 aromatic rings. The van der Waals surface area contributed by atoms with E-state index >= 15 is 0 Å². The third kappa shape index (κ3) is 4.19. The molecule has 0 bridgehead atoms. The number of aryl methyl sites for hydroxylation is 1. The number of methoxy groups -OCH3 is 2. The van der Waals surface area contributed by atoms with E-state index in [0.29, 0.717) is 27.2 Å². The molecule has 0 radical (unpaired) electrons. The molecule has 2 heterocycles. The zero-order chi connectivity index (χ0) is 22.0. The Bertz CT molecular complexity index is 1200. The summed E-state index contributed by atoms with van der Waals surface area (Å²) in [5, 5.41) is 1.14. The summed E-state index contributed by atoms with van der Waals surface area (Å²) in [6.45, 7) is 2.22. The second-order valence-corrected chi connectivity index (χ2v) is 8.20. The van der Waals surface area contributed by atoms with Crippen LogP contribution in [0.3, 0.4) is 0 Å². The maximum atomic E-state index is 13.7. The molecule has 1 amide bonds. The molecule has 8 heteroatoms. The maximum Gasteiger partial charge on any atom is 0.264 e. The van der Waals surface area contributed by atoms with Crippen molar-refractivity contribution in [1.82, 2.24) is 9.97 Å². The largest absolute Gasteiger partial charge is 0.497 e. The molecule has 0 aliphatic carbocycles. The molecule has 0 atom stereocenters. The molecule has 0 spiro atoms. The fraction of sp³-hybridized carbons (Fsp3) is 0.174. The Kier molecular flexibility index (Phi) is 6.06. The van der Waals surface area contributed by atoms with Crippen molar-refractivity contribution in [1.29, 1.82) is 0 Å². The van der Waals surface area contributed by atoms with Crippen LogP contribution in [-0.2, 0) is 6.54 Å². The van der Waals surface area contributed by atoms with E-state index in [9.17, 15) is 4.79 Å².